The molecule has 228 valence electrons. The number of hydrogen-bond acceptors (Lipinski definition) is 6. The first-order valence-corrected chi connectivity index (χ1v) is 16.6. The summed E-state index contributed by atoms with van der Waals surface area (Å²) in [6.45, 7) is 3.26. The monoisotopic (exact) mass is 626 g/mol. The highest BCUT2D eigenvalue weighted by molar-refractivity contribution is 7.52. The van der Waals surface area contributed by atoms with Crippen LogP contribution >= 0.6 is 18.9 Å². The van der Waals surface area contributed by atoms with Gasteiger partial charge in [-0.3, -0.25) is 23.7 Å². The van der Waals surface area contributed by atoms with Crippen LogP contribution in [0.15, 0.2) is 54.6 Å². The number of hydrogen-bond donors (Lipinski definition) is 3. The maximum absolute atomic E-state index is 14.1. The Hall–Kier alpha value is -3.57. The van der Waals surface area contributed by atoms with E-state index in [2.05, 4.69) is 5.32 Å². The Kier molecular flexibility index (Phi) is 8.76. The molecule has 3 aromatic rings. The average Bonchev–Trinajstić information content (AvgIpc) is 3.60. The summed E-state index contributed by atoms with van der Waals surface area (Å²) in [4.78, 5) is 77.9. The quantitative estimate of drug-likeness (QED) is 0.355. The highest BCUT2D eigenvalue weighted by atomic mass is 32.1. The smallest absolute Gasteiger partial charge is 0.332 e. The van der Waals surface area contributed by atoms with Crippen molar-refractivity contribution in [2.45, 2.75) is 56.9 Å². The molecular weight excluding hydrogens is 591 g/mol. The van der Waals surface area contributed by atoms with Gasteiger partial charge >= 0.3 is 7.60 Å². The van der Waals surface area contributed by atoms with Gasteiger partial charge in [0.1, 0.15) is 12.1 Å². The van der Waals surface area contributed by atoms with E-state index in [-0.39, 0.29) is 24.4 Å². The number of carbonyl (C=O) groups excluding carboxylic acids is 4. The van der Waals surface area contributed by atoms with Crippen molar-refractivity contribution in [1.82, 2.24) is 15.1 Å². The van der Waals surface area contributed by atoms with Gasteiger partial charge in [0, 0.05) is 43.5 Å². The van der Waals surface area contributed by atoms with Gasteiger partial charge in [0.2, 0.25) is 17.7 Å². The van der Waals surface area contributed by atoms with Crippen molar-refractivity contribution < 1.29 is 33.5 Å². The molecule has 0 aliphatic carbocycles. The van der Waals surface area contributed by atoms with E-state index in [1.54, 1.807) is 46.0 Å². The number of fused-ring (bicyclic) bond motifs is 2. The van der Waals surface area contributed by atoms with Crippen LogP contribution in [0.5, 0.6) is 0 Å². The molecule has 13 heteroatoms. The Labute approximate surface area is 253 Å². The van der Waals surface area contributed by atoms with Gasteiger partial charge in [0.25, 0.3) is 5.91 Å². The zero-order valence-electron chi connectivity index (χ0n) is 24.2. The zero-order valence-corrected chi connectivity index (χ0v) is 25.9. The molecule has 3 heterocycles. The minimum Gasteiger partial charge on any atom is -0.340 e. The minimum absolute atomic E-state index is 0.0204. The second-order valence-electron chi connectivity index (χ2n) is 11.2. The largest absolute Gasteiger partial charge is 0.340 e. The van der Waals surface area contributed by atoms with Crippen LogP contribution in [-0.4, -0.2) is 81.5 Å². The number of carbonyl (C=O) groups is 4. The number of benzene rings is 2. The third kappa shape index (κ3) is 6.38. The van der Waals surface area contributed by atoms with Gasteiger partial charge in [-0.2, -0.15) is 0 Å². The van der Waals surface area contributed by atoms with Crippen molar-refractivity contribution in [2.24, 2.45) is 0 Å². The molecule has 2 unspecified atom stereocenters. The number of amides is 4. The predicted molar refractivity (Wildman–Crippen MR) is 164 cm³/mol. The molecule has 1 aromatic heterocycles. The normalized spacial score (nSPS) is 21.6. The summed E-state index contributed by atoms with van der Waals surface area (Å²) in [5.41, 5.74) is 0.171. The second-order valence-corrected chi connectivity index (χ2v) is 14.2. The number of anilines is 1. The summed E-state index contributed by atoms with van der Waals surface area (Å²) in [5, 5.41) is 3.48. The van der Waals surface area contributed by atoms with Gasteiger partial charge in [-0.25, -0.2) is 0 Å². The number of rotatable bonds is 6. The fourth-order valence-electron chi connectivity index (χ4n) is 5.87. The van der Waals surface area contributed by atoms with Crippen molar-refractivity contribution in [3.63, 3.8) is 0 Å². The summed E-state index contributed by atoms with van der Waals surface area (Å²) < 4.78 is 12.5. The first-order chi connectivity index (χ1) is 20.3. The summed E-state index contributed by atoms with van der Waals surface area (Å²) in [6, 6.07) is 13.8. The Bertz CT molecular complexity index is 1610. The highest BCUT2D eigenvalue weighted by Crippen LogP contribution is 2.51. The van der Waals surface area contributed by atoms with E-state index in [4.69, 9.17) is 0 Å². The standard InChI is InChI=1S/C30H35N4O7PS/c1-18(42(39,40)41)20-9-12-26-21(15-20)16-27(43-26)28(36)31-24-17-33(19(2)35)14-13-23-10-11-25(34(23)29(24)37)30(38)32(3)22-7-5-4-6-8-22/h4-9,12,15-16,18,23-25H,10-11,13-14,17H2,1-3H3,(H,31,36)(H2,39,40,41)/t18?,23-,24?,25+/m1/s1. The third-order valence-electron chi connectivity index (χ3n) is 8.45. The fraction of sp³-hybridized carbons (Fsp3) is 0.400. The van der Waals surface area contributed by atoms with Crippen LogP contribution in [-0.2, 0) is 18.9 Å². The van der Waals surface area contributed by atoms with E-state index in [1.807, 2.05) is 30.3 Å². The summed E-state index contributed by atoms with van der Waals surface area (Å²) in [7, 11) is -2.66. The Morgan fingerprint density at radius 3 is 2.47 bits per heavy atom. The topological polar surface area (TPSA) is 148 Å². The molecule has 43 heavy (non-hydrogen) atoms. The lowest BCUT2D eigenvalue weighted by Crippen LogP contribution is -2.61. The molecule has 2 saturated heterocycles. The molecule has 5 rings (SSSR count). The molecular formula is C30H35N4O7PS. The molecule has 11 nitrogen and oxygen atoms in total. The van der Waals surface area contributed by atoms with Crippen LogP contribution in [0.25, 0.3) is 10.1 Å². The first-order valence-electron chi connectivity index (χ1n) is 14.1. The molecule has 2 aliphatic rings. The molecule has 3 N–H and O–H groups in total. The van der Waals surface area contributed by atoms with E-state index in [1.165, 1.54) is 25.2 Å². The molecule has 2 fully saturated rings. The Balaban J connectivity index is 1.40. The van der Waals surface area contributed by atoms with Gasteiger partial charge in [0.05, 0.1) is 10.5 Å². The van der Waals surface area contributed by atoms with Gasteiger partial charge in [-0.1, -0.05) is 24.3 Å². The van der Waals surface area contributed by atoms with Crippen molar-refractivity contribution in [2.75, 3.05) is 25.0 Å². The predicted octanol–water partition coefficient (Wildman–Crippen LogP) is 3.51. The molecule has 2 aliphatic heterocycles. The number of thiophene rings is 1. The van der Waals surface area contributed by atoms with Crippen LogP contribution in [0, 0.1) is 0 Å². The number of nitrogens with zero attached hydrogens (tertiary/aromatic N) is 3. The van der Waals surface area contributed by atoms with Crippen LogP contribution in [0.4, 0.5) is 5.69 Å². The lowest BCUT2D eigenvalue weighted by molar-refractivity contribution is -0.144. The SMILES string of the molecule is CC(=O)N1CC[C@H]2CC[C@@H](C(=O)N(C)c3ccccc3)N2C(=O)C(NC(=O)c2cc3cc(C(C)P(=O)(O)O)ccc3s2)C1. The molecule has 2 aromatic carbocycles. The fourth-order valence-corrected chi connectivity index (χ4v) is 7.37. The zero-order chi connectivity index (χ0) is 31.1. The Morgan fingerprint density at radius 1 is 1.07 bits per heavy atom. The lowest BCUT2D eigenvalue weighted by atomic mass is 10.1. The molecule has 0 radical (unpaired) electrons. The number of para-hydroxylation sites is 1. The molecule has 4 amide bonds. The maximum Gasteiger partial charge on any atom is 0.332 e. The van der Waals surface area contributed by atoms with Crippen molar-refractivity contribution in [3.05, 3.63) is 65.0 Å². The van der Waals surface area contributed by atoms with E-state index in [0.717, 1.165) is 4.70 Å². The van der Waals surface area contributed by atoms with E-state index in [0.29, 0.717) is 47.3 Å². The van der Waals surface area contributed by atoms with Crippen molar-refractivity contribution >= 4 is 58.3 Å². The van der Waals surface area contributed by atoms with E-state index < -0.39 is 37.2 Å². The Morgan fingerprint density at radius 2 is 1.79 bits per heavy atom. The lowest BCUT2D eigenvalue weighted by Gasteiger charge is -2.39. The molecule has 4 atom stereocenters. The van der Waals surface area contributed by atoms with Gasteiger partial charge < -0.3 is 29.8 Å². The molecule has 0 saturated carbocycles. The summed E-state index contributed by atoms with van der Waals surface area (Å²) in [6.07, 6.45) is 1.64. The van der Waals surface area contributed by atoms with Crippen LogP contribution < -0.4 is 10.2 Å². The van der Waals surface area contributed by atoms with Crippen LogP contribution in [0.3, 0.4) is 0 Å². The van der Waals surface area contributed by atoms with E-state index >= 15 is 0 Å². The number of likely N-dealkylation sites (N-methyl/N-ethyl adjacent to an activating group) is 1. The summed E-state index contributed by atoms with van der Waals surface area (Å²) in [5.74, 6) is -1.32. The maximum atomic E-state index is 14.1. The number of nitrogens with one attached hydrogen (secondary N) is 1. The first kappa shape index (κ1) is 30.9. The van der Waals surface area contributed by atoms with Crippen LogP contribution in [0.1, 0.15) is 54.0 Å². The van der Waals surface area contributed by atoms with E-state index in [9.17, 15) is 33.5 Å². The van der Waals surface area contributed by atoms with Crippen molar-refractivity contribution in [3.8, 4) is 0 Å². The average molecular weight is 627 g/mol. The van der Waals surface area contributed by atoms with Crippen LogP contribution in [0.2, 0.25) is 0 Å². The van der Waals surface area contributed by atoms with Crippen molar-refractivity contribution in [1.29, 1.82) is 0 Å². The van der Waals surface area contributed by atoms with Gasteiger partial charge in [0.15, 0.2) is 0 Å². The van der Waals surface area contributed by atoms with Gasteiger partial charge in [-0.15, -0.1) is 11.3 Å². The third-order valence-corrected chi connectivity index (χ3v) is 10.9. The van der Waals surface area contributed by atoms with Gasteiger partial charge in [-0.05, 0) is 67.5 Å². The second kappa shape index (κ2) is 12.2. The highest BCUT2D eigenvalue weighted by Gasteiger charge is 2.46. The minimum atomic E-state index is -4.34. The molecule has 0 spiro atoms. The molecule has 0 bridgehead atoms. The summed E-state index contributed by atoms with van der Waals surface area (Å²) >= 11 is 1.19.